The van der Waals surface area contributed by atoms with Crippen LogP contribution in [0.15, 0.2) is 29.3 Å². The van der Waals surface area contributed by atoms with E-state index in [1.807, 2.05) is 26.1 Å². The number of ether oxygens (including phenoxy) is 2. The van der Waals surface area contributed by atoms with Crippen LogP contribution in [-0.2, 0) is 11.2 Å². The Morgan fingerprint density at radius 2 is 2.12 bits per heavy atom. The van der Waals surface area contributed by atoms with Gasteiger partial charge in [0.15, 0.2) is 5.96 Å². The van der Waals surface area contributed by atoms with Crippen LogP contribution in [-0.4, -0.2) is 46.4 Å². The summed E-state index contributed by atoms with van der Waals surface area (Å²) in [4.78, 5) is 4.35. The number of guanidine groups is 1. The number of benzene rings is 1. The Balaban J connectivity index is 1.74. The highest BCUT2D eigenvalue weighted by Crippen LogP contribution is 2.43. The van der Waals surface area contributed by atoms with Crippen LogP contribution in [0, 0.1) is 5.41 Å². The van der Waals surface area contributed by atoms with Gasteiger partial charge in [0.2, 0.25) is 0 Å². The van der Waals surface area contributed by atoms with Crippen LogP contribution in [0.3, 0.4) is 0 Å². The molecule has 0 aliphatic heterocycles. The van der Waals surface area contributed by atoms with Gasteiger partial charge in [-0.1, -0.05) is 18.6 Å². The highest BCUT2D eigenvalue weighted by molar-refractivity contribution is 5.79. The molecule has 0 aromatic heterocycles. The summed E-state index contributed by atoms with van der Waals surface area (Å²) in [6, 6.07) is 8.28. The summed E-state index contributed by atoms with van der Waals surface area (Å²) in [5, 5.41) is 6.91. The third-order valence-electron chi connectivity index (χ3n) is 5.02. The van der Waals surface area contributed by atoms with Gasteiger partial charge >= 0.3 is 0 Å². The van der Waals surface area contributed by atoms with Gasteiger partial charge in [-0.15, -0.1) is 0 Å². The molecule has 5 nitrogen and oxygen atoms in total. The first-order valence-corrected chi connectivity index (χ1v) is 9.36. The van der Waals surface area contributed by atoms with Crippen molar-refractivity contribution in [2.24, 2.45) is 10.4 Å². The topological polar surface area (TPSA) is 54.9 Å². The molecule has 1 saturated carbocycles. The molecule has 1 aliphatic rings. The predicted molar refractivity (Wildman–Crippen MR) is 103 cm³/mol. The number of hydrogen-bond acceptors (Lipinski definition) is 3. The second-order valence-corrected chi connectivity index (χ2v) is 6.78. The highest BCUT2D eigenvalue weighted by Gasteiger charge is 2.36. The first-order valence-electron chi connectivity index (χ1n) is 9.36. The Hall–Kier alpha value is -1.75. The smallest absolute Gasteiger partial charge is 0.191 e. The Kier molecular flexibility index (Phi) is 8.06. The van der Waals surface area contributed by atoms with E-state index in [-0.39, 0.29) is 0 Å². The van der Waals surface area contributed by atoms with Gasteiger partial charge in [0.05, 0.1) is 6.61 Å². The molecule has 0 atom stereocenters. The van der Waals surface area contributed by atoms with E-state index in [1.165, 1.54) is 24.8 Å². The Morgan fingerprint density at radius 3 is 2.76 bits per heavy atom. The fraction of sp³-hybridized carbons (Fsp3) is 0.650. The molecule has 1 aromatic rings. The monoisotopic (exact) mass is 347 g/mol. The van der Waals surface area contributed by atoms with E-state index < -0.39 is 0 Å². The second-order valence-electron chi connectivity index (χ2n) is 6.78. The zero-order valence-corrected chi connectivity index (χ0v) is 15.9. The minimum Gasteiger partial charge on any atom is -0.494 e. The quantitative estimate of drug-likeness (QED) is 0.505. The summed E-state index contributed by atoms with van der Waals surface area (Å²) in [7, 11) is 3.61. The highest BCUT2D eigenvalue weighted by atomic mass is 16.5. The number of rotatable bonds is 10. The number of aliphatic imine (C=N–C) groups is 1. The normalized spacial score (nSPS) is 16.2. The lowest BCUT2D eigenvalue weighted by atomic mass is 9.67. The molecule has 1 fully saturated rings. The summed E-state index contributed by atoms with van der Waals surface area (Å²) >= 11 is 0. The lowest BCUT2D eigenvalue weighted by molar-refractivity contribution is 0.0732. The zero-order valence-electron chi connectivity index (χ0n) is 15.9. The third kappa shape index (κ3) is 6.24. The molecule has 1 aromatic carbocycles. The van der Waals surface area contributed by atoms with Crippen molar-refractivity contribution in [2.45, 2.75) is 39.0 Å². The Bertz CT molecular complexity index is 541. The van der Waals surface area contributed by atoms with E-state index in [0.29, 0.717) is 12.0 Å². The molecule has 0 spiro atoms. The van der Waals surface area contributed by atoms with Crippen LogP contribution in [0.2, 0.25) is 0 Å². The first kappa shape index (κ1) is 19.6. The number of nitrogens with zero attached hydrogens (tertiary/aromatic N) is 1. The molecule has 25 heavy (non-hydrogen) atoms. The van der Waals surface area contributed by atoms with E-state index in [9.17, 15) is 0 Å². The summed E-state index contributed by atoms with van der Waals surface area (Å²) in [5.41, 5.74) is 1.66. The summed E-state index contributed by atoms with van der Waals surface area (Å²) in [5.74, 6) is 1.82. The molecule has 0 bridgehead atoms. The fourth-order valence-electron chi connectivity index (χ4n) is 3.29. The van der Waals surface area contributed by atoms with Gasteiger partial charge in [-0.2, -0.15) is 0 Å². The van der Waals surface area contributed by atoms with Gasteiger partial charge in [-0.05, 0) is 55.7 Å². The molecule has 0 heterocycles. The lowest BCUT2D eigenvalue weighted by Crippen LogP contribution is -2.47. The van der Waals surface area contributed by atoms with Gasteiger partial charge in [0, 0.05) is 33.9 Å². The largest absolute Gasteiger partial charge is 0.494 e. The molecule has 140 valence electrons. The first-order chi connectivity index (χ1) is 12.2. The minimum atomic E-state index is 0.388. The molecule has 0 amide bonds. The molecule has 5 heteroatoms. The maximum Gasteiger partial charge on any atom is 0.191 e. The average molecular weight is 348 g/mol. The molecular formula is C20H33N3O2. The van der Waals surface area contributed by atoms with E-state index in [1.54, 1.807) is 7.11 Å². The van der Waals surface area contributed by atoms with Crippen LogP contribution >= 0.6 is 0 Å². The van der Waals surface area contributed by atoms with E-state index in [4.69, 9.17) is 9.47 Å². The van der Waals surface area contributed by atoms with Crippen molar-refractivity contribution in [3.05, 3.63) is 29.8 Å². The summed E-state index contributed by atoms with van der Waals surface area (Å²) in [6.45, 7) is 5.36. The molecule has 2 N–H and O–H groups in total. The Morgan fingerprint density at radius 1 is 1.28 bits per heavy atom. The minimum absolute atomic E-state index is 0.388. The molecule has 0 unspecified atom stereocenters. The van der Waals surface area contributed by atoms with Crippen molar-refractivity contribution >= 4 is 5.96 Å². The molecule has 1 aliphatic carbocycles. The zero-order chi connectivity index (χ0) is 18.0. The summed E-state index contributed by atoms with van der Waals surface area (Å²) < 4.78 is 10.8. The molecule has 0 saturated heterocycles. The number of methoxy groups -OCH3 is 1. The summed E-state index contributed by atoms with van der Waals surface area (Å²) in [6.07, 6.45) is 5.96. The van der Waals surface area contributed by atoms with Gasteiger partial charge in [-0.25, -0.2) is 0 Å². The van der Waals surface area contributed by atoms with E-state index in [2.05, 4.69) is 27.8 Å². The maximum atomic E-state index is 5.56. The van der Waals surface area contributed by atoms with Crippen LogP contribution in [0.4, 0.5) is 0 Å². The van der Waals surface area contributed by atoms with Crippen molar-refractivity contribution in [2.75, 3.05) is 40.5 Å². The maximum absolute atomic E-state index is 5.56. The third-order valence-corrected chi connectivity index (χ3v) is 5.02. The van der Waals surface area contributed by atoms with Gasteiger partial charge in [-0.3, -0.25) is 4.99 Å². The van der Waals surface area contributed by atoms with Gasteiger partial charge in [0.1, 0.15) is 5.75 Å². The fourth-order valence-corrected chi connectivity index (χ4v) is 3.29. The van der Waals surface area contributed by atoms with E-state index >= 15 is 0 Å². The number of nitrogens with one attached hydrogen (secondary N) is 2. The van der Waals surface area contributed by atoms with Crippen molar-refractivity contribution < 1.29 is 9.47 Å². The van der Waals surface area contributed by atoms with Crippen molar-refractivity contribution in [1.82, 2.24) is 10.6 Å². The van der Waals surface area contributed by atoms with Crippen LogP contribution in [0.1, 0.15) is 38.2 Å². The Labute approximate surface area is 152 Å². The predicted octanol–water partition coefficient (Wildman–Crippen LogP) is 3.00. The van der Waals surface area contributed by atoms with Crippen molar-refractivity contribution in [1.29, 1.82) is 0 Å². The van der Waals surface area contributed by atoms with Gasteiger partial charge in [0.25, 0.3) is 0 Å². The van der Waals surface area contributed by atoms with Crippen molar-refractivity contribution in [3.63, 3.8) is 0 Å². The van der Waals surface area contributed by atoms with Crippen LogP contribution in [0.5, 0.6) is 5.75 Å². The lowest BCUT2D eigenvalue weighted by Gasteiger charge is -2.42. The molecule has 2 rings (SSSR count). The van der Waals surface area contributed by atoms with Crippen molar-refractivity contribution in [3.8, 4) is 5.75 Å². The van der Waals surface area contributed by atoms with Gasteiger partial charge < -0.3 is 20.1 Å². The standard InChI is InChI=1S/C20H33N3O2/c1-4-25-18-8-5-7-17(15-18)9-13-22-19(21-2)23-16-20(10-6-11-20)12-14-24-3/h5,7-8,15H,4,6,9-14,16H2,1-3H3,(H2,21,22,23). The molecule has 0 radical (unpaired) electrons. The van der Waals surface area contributed by atoms with E-state index in [0.717, 1.165) is 44.2 Å². The number of hydrogen-bond donors (Lipinski definition) is 2. The average Bonchev–Trinajstić information content (AvgIpc) is 2.59. The van der Waals surface area contributed by atoms with Crippen LogP contribution in [0.25, 0.3) is 0 Å². The van der Waals surface area contributed by atoms with Crippen LogP contribution < -0.4 is 15.4 Å². The molecular weight excluding hydrogens is 314 g/mol. The SMILES string of the molecule is CCOc1cccc(CCNC(=NC)NCC2(CCOC)CCC2)c1. The second kappa shape index (κ2) is 10.3.